The minimum atomic E-state index is -4.60. The van der Waals surface area contributed by atoms with Crippen molar-refractivity contribution in [2.24, 2.45) is 0 Å². The standard InChI is InChI=1S/C23H22F5N3O2/c1-12-10-31(4-5-32-12)19-11-33-20-8-13(24)2-3-15(20)22(19)30-18-7-14(25)6-17-16(18)9-21(29-17)23(26,27)28/h2-3,6-9,12,19,22,29-30H,4-5,10-11H2,1H3. The topological polar surface area (TPSA) is 49.5 Å². The zero-order chi connectivity index (χ0) is 23.3. The van der Waals surface area contributed by atoms with Crippen LogP contribution in [-0.2, 0) is 10.9 Å². The van der Waals surface area contributed by atoms with Gasteiger partial charge in [0.2, 0.25) is 0 Å². The number of fused-ring (bicyclic) bond motifs is 2. The molecule has 3 atom stereocenters. The molecular weight excluding hydrogens is 445 g/mol. The Morgan fingerprint density at radius 2 is 1.91 bits per heavy atom. The molecular formula is C23H22F5N3O2. The number of nitrogens with one attached hydrogen (secondary N) is 2. The molecule has 0 amide bonds. The molecule has 1 aromatic heterocycles. The Hall–Kier alpha value is -2.85. The number of anilines is 1. The summed E-state index contributed by atoms with van der Waals surface area (Å²) in [6.07, 6.45) is -4.60. The van der Waals surface area contributed by atoms with Crippen LogP contribution in [0.5, 0.6) is 5.75 Å². The summed E-state index contributed by atoms with van der Waals surface area (Å²) in [6, 6.07) is 6.64. The minimum absolute atomic E-state index is 0.00564. The molecule has 0 radical (unpaired) electrons. The van der Waals surface area contributed by atoms with Crippen molar-refractivity contribution in [2.45, 2.75) is 31.3 Å². The third-order valence-corrected chi connectivity index (χ3v) is 6.17. The Bertz CT molecular complexity index is 1180. The molecule has 1 fully saturated rings. The molecule has 2 aliphatic rings. The van der Waals surface area contributed by atoms with Gasteiger partial charge in [0.1, 0.15) is 29.7 Å². The van der Waals surface area contributed by atoms with Crippen molar-refractivity contribution in [2.75, 3.05) is 31.6 Å². The predicted molar refractivity (Wildman–Crippen MR) is 112 cm³/mol. The van der Waals surface area contributed by atoms with E-state index in [1.165, 1.54) is 18.2 Å². The van der Waals surface area contributed by atoms with E-state index in [2.05, 4.69) is 15.2 Å². The van der Waals surface area contributed by atoms with Gasteiger partial charge in [-0.3, -0.25) is 4.90 Å². The van der Waals surface area contributed by atoms with Crippen molar-refractivity contribution < 1.29 is 31.4 Å². The second kappa shape index (κ2) is 8.18. The van der Waals surface area contributed by atoms with Crippen LogP contribution in [-0.4, -0.2) is 48.3 Å². The number of hydrogen-bond acceptors (Lipinski definition) is 4. The molecule has 33 heavy (non-hydrogen) atoms. The van der Waals surface area contributed by atoms with Gasteiger partial charge in [-0.15, -0.1) is 0 Å². The van der Waals surface area contributed by atoms with Gasteiger partial charge in [-0.1, -0.05) is 6.07 Å². The molecule has 2 N–H and O–H groups in total. The van der Waals surface area contributed by atoms with Gasteiger partial charge in [0.15, 0.2) is 0 Å². The fraction of sp³-hybridized carbons (Fsp3) is 0.391. The van der Waals surface area contributed by atoms with Gasteiger partial charge < -0.3 is 19.8 Å². The normalized spacial score (nSPS) is 23.9. The van der Waals surface area contributed by atoms with E-state index in [1.807, 2.05) is 6.92 Å². The number of morpholine rings is 1. The Kier molecular flexibility index (Phi) is 5.44. The highest BCUT2D eigenvalue weighted by atomic mass is 19.4. The zero-order valence-corrected chi connectivity index (χ0v) is 17.7. The number of nitrogens with zero attached hydrogens (tertiary/aromatic N) is 1. The first kappa shape index (κ1) is 22.0. The fourth-order valence-electron chi connectivity index (χ4n) is 4.65. The minimum Gasteiger partial charge on any atom is -0.491 e. The molecule has 3 unspecified atom stereocenters. The molecule has 3 aromatic rings. The van der Waals surface area contributed by atoms with E-state index in [0.717, 1.165) is 12.1 Å². The summed E-state index contributed by atoms with van der Waals surface area (Å²) in [5.41, 5.74) is -0.0621. The molecule has 10 heteroatoms. The molecule has 2 aromatic carbocycles. The van der Waals surface area contributed by atoms with Crippen molar-refractivity contribution in [3.8, 4) is 5.75 Å². The number of alkyl halides is 3. The van der Waals surface area contributed by atoms with Crippen LogP contribution in [0.4, 0.5) is 27.6 Å². The van der Waals surface area contributed by atoms with E-state index in [0.29, 0.717) is 31.0 Å². The Labute approximate surface area is 186 Å². The van der Waals surface area contributed by atoms with Crippen molar-refractivity contribution in [1.29, 1.82) is 0 Å². The van der Waals surface area contributed by atoms with Gasteiger partial charge >= 0.3 is 6.18 Å². The molecule has 1 saturated heterocycles. The molecule has 2 aliphatic heterocycles. The maximum absolute atomic E-state index is 14.4. The lowest BCUT2D eigenvalue weighted by atomic mass is 9.93. The molecule has 0 aliphatic carbocycles. The van der Waals surface area contributed by atoms with Crippen LogP contribution in [0.15, 0.2) is 36.4 Å². The number of H-pyrrole nitrogens is 1. The van der Waals surface area contributed by atoms with Crippen LogP contribution in [0.3, 0.4) is 0 Å². The van der Waals surface area contributed by atoms with Crippen molar-refractivity contribution in [1.82, 2.24) is 9.88 Å². The average molecular weight is 467 g/mol. The smallest absolute Gasteiger partial charge is 0.431 e. The summed E-state index contributed by atoms with van der Waals surface area (Å²) in [6.45, 7) is 3.98. The highest BCUT2D eigenvalue weighted by Crippen LogP contribution is 2.40. The molecule has 0 spiro atoms. The SMILES string of the molecule is CC1CN(C2COc3cc(F)ccc3C2Nc2cc(F)cc3[nH]c(C(F)(F)F)cc23)CCO1. The van der Waals surface area contributed by atoms with Gasteiger partial charge in [-0.05, 0) is 31.2 Å². The summed E-state index contributed by atoms with van der Waals surface area (Å²) in [4.78, 5) is 4.43. The quantitative estimate of drug-likeness (QED) is 0.527. The molecule has 0 bridgehead atoms. The van der Waals surface area contributed by atoms with Gasteiger partial charge in [0, 0.05) is 35.8 Å². The Balaban J connectivity index is 1.58. The first-order valence-electron chi connectivity index (χ1n) is 10.6. The second-order valence-electron chi connectivity index (χ2n) is 8.45. The van der Waals surface area contributed by atoms with E-state index in [1.54, 1.807) is 6.07 Å². The van der Waals surface area contributed by atoms with E-state index in [-0.39, 0.29) is 35.3 Å². The van der Waals surface area contributed by atoms with E-state index in [9.17, 15) is 22.0 Å². The highest BCUT2D eigenvalue weighted by molar-refractivity contribution is 5.93. The fourth-order valence-corrected chi connectivity index (χ4v) is 4.65. The number of aromatic nitrogens is 1. The monoisotopic (exact) mass is 467 g/mol. The molecule has 5 rings (SSSR count). The average Bonchev–Trinajstić information content (AvgIpc) is 3.18. The predicted octanol–water partition coefficient (Wildman–Crippen LogP) is 5.10. The molecule has 0 saturated carbocycles. The highest BCUT2D eigenvalue weighted by Gasteiger charge is 2.38. The van der Waals surface area contributed by atoms with Gasteiger partial charge in [-0.2, -0.15) is 13.2 Å². The van der Waals surface area contributed by atoms with Gasteiger partial charge in [0.05, 0.1) is 30.3 Å². The first-order valence-corrected chi connectivity index (χ1v) is 10.6. The van der Waals surface area contributed by atoms with Crippen LogP contribution in [0.1, 0.15) is 24.2 Å². The Morgan fingerprint density at radius 3 is 2.67 bits per heavy atom. The van der Waals surface area contributed by atoms with Crippen LogP contribution >= 0.6 is 0 Å². The second-order valence-corrected chi connectivity index (χ2v) is 8.45. The third-order valence-electron chi connectivity index (χ3n) is 6.17. The van der Waals surface area contributed by atoms with Crippen molar-refractivity contribution in [3.05, 3.63) is 59.3 Å². The number of halogens is 5. The van der Waals surface area contributed by atoms with Crippen LogP contribution in [0.25, 0.3) is 10.9 Å². The maximum atomic E-state index is 14.4. The lowest BCUT2D eigenvalue weighted by Crippen LogP contribution is -2.54. The Morgan fingerprint density at radius 1 is 1.09 bits per heavy atom. The summed E-state index contributed by atoms with van der Waals surface area (Å²) in [5, 5.41) is 3.47. The first-order chi connectivity index (χ1) is 15.7. The maximum Gasteiger partial charge on any atom is 0.431 e. The molecule has 3 heterocycles. The summed E-state index contributed by atoms with van der Waals surface area (Å²) in [7, 11) is 0. The van der Waals surface area contributed by atoms with Crippen molar-refractivity contribution >= 4 is 16.6 Å². The van der Waals surface area contributed by atoms with Gasteiger partial charge in [0.25, 0.3) is 0 Å². The lowest BCUT2D eigenvalue weighted by Gasteiger charge is -2.44. The zero-order valence-electron chi connectivity index (χ0n) is 17.7. The van der Waals surface area contributed by atoms with Gasteiger partial charge in [-0.25, -0.2) is 8.78 Å². The molecule has 5 nitrogen and oxygen atoms in total. The third kappa shape index (κ3) is 4.24. The summed E-state index contributed by atoms with van der Waals surface area (Å²) >= 11 is 0. The largest absolute Gasteiger partial charge is 0.491 e. The number of benzene rings is 2. The lowest BCUT2D eigenvalue weighted by molar-refractivity contribution is -0.140. The van der Waals surface area contributed by atoms with E-state index in [4.69, 9.17) is 9.47 Å². The number of hydrogen-bond donors (Lipinski definition) is 2. The number of rotatable bonds is 3. The summed E-state index contributed by atoms with van der Waals surface area (Å²) in [5.74, 6) is -0.786. The number of aromatic amines is 1. The van der Waals surface area contributed by atoms with Crippen molar-refractivity contribution in [3.63, 3.8) is 0 Å². The van der Waals surface area contributed by atoms with Crippen LogP contribution < -0.4 is 10.1 Å². The van der Waals surface area contributed by atoms with E-state index < -0.39 is 29.5 Å². The summed E-state index contributed by atoms with van der Waals surface area (Å²) < 4.78 is 79.5. The van der Waals surface area contributed by atoms with Crippen LogP contribution in [0, 0.1) is 11.6 Å². The van der Waals surface area contributed by atoms with Crippen LogP contribution in [0.2, 0.25) is 0 Å². The molecule has 176 valence electrons. The van der Waals surface area contributed by atoms with E-state index >= 15 is 0 Å². The number of ether oxygens (including phenoxy) is 2.